The molecule has 0 fully saturated rings. The molecule has 0 radical (unpaired) electrons. The van der Waals surface area contributed by atoms with E-state index in [2.05, 4.69) is 5.32 Å². The van der Waals surface area contributed by atoms with Crippen molar-refractivity contribution < 1.29 is 4.79 Å². The van der Waals surface area contributed by atoms with Crippen LogP contribution in [0.3, 0.4) is 0 Å². The number of rotatable bonds is 6. The lowest BCUT2D eigenvalue weighted by Crippen LogP contribution is -2.25. The van der Waals surface area contributed by atoms with Gasteiger partial charge in [-0.3, -0.25) is 4.79 Å². The molecule has 0 unspecified atom stereocenters. The number of nitrogens with two attached hydrogens (primary N) is 1. The minimum absolute atomic E-state index is 0.0525. The van der Waals surface area contributed by atoms with Crippen molar-refractivity contribution in [1.29, 1.82) is 0 Å². The largest absolute Gasteiger partial charge is 0.355 e. The lowest BCUT2D eigenvalue weighted by molar-refractivity contribution is -0.118. The highest BCUT2D eigenvalue weighted by molar-refractivity contribution is 6.27. The molecule has 0 heterocycles. The fourth-order valence-electron chi connectivity index (χ4n) is 0.721. The van der Waals surface area contributed by atoms with Gasteiger partial charge in [0.25, 0.3) is 0 Å². The van der Waals surface area contributed by atoms with Crippen molar-refractivity contribution in [2.24, 2.45) is 5.73 Å². The van der Waals surface area contributed by atoms with E-state index in [4.69, 9.17) is 17.3 Å². The first-order valence-corrected chi connectivity index (χ1v) is 4.37. The van der Waals surface area contributed by atoms with Gasteiger partial charge in [0.05, 0.1) is 0 Å². The summed E-state index contributed by atoms with van der Waals surface area (Å²) in [6.07, 6.45) is 3.08. The first kappa shape index (κ1) is 10.7. The quantitative estimate of drug-likeness (QED) is 0.459. The zero-order valence-electron chi connectivity index (χ0n) is 6.61. The van der Waals surface area contributed by atoms with Gasteiger partial charge in [-0.1, -0.05) is 6.42 Å². The van der Waals surface area contributed by atoms with Crippen LogP contribution in [0.4, 0.5) is 0 Å². The molecule has 0 spiro atoms. The molecule has 0 rings (SSSR count). The normalized spacial score (nSPS) is 9.64. The van der Waals surface area contributed by atoms with Gasteiger partial charge in [0.2, 0.25) is 5.91 Å². The van der Waals surface area contributed by atoms with Crippen LogP contribution >= 0.6 is 11.6 Å². The van der Waals surface area contributed by atoms with E-state index in [0.717, 1.165) is 25.8 Å². The highest BCUT2D eigenvalue weighted by Crippen LogP contribution is 1.90. The highest BCUT2D eigenvalue weighted by Gasteiger charge is 1.95. The predicted octanol–water partition coefficient (Wildman–Crippen LogP) is 0.470. The van der Waals surface area contributed by atoms with Crippen LogP contribution in [-0.4, -0.2) is 24.9 Å². The van der Waals surface area contributed by atoms with Gasteiger partial charge in [-0.15, -0.1) is 11.6 Å². The summed E-state index contributed by atoms with van der Waals surface area (Å²) in [6, 6.07) is 0. The summed E-state index contributed by atoms with van der Waals surface area (Å²) in [6.45, 7) is 1.44. The molecule has 0 atom stereocenters. The Labute approximate surface area is 72.3 Å². The van der Waals surface area contributed by atoms with Crippen molar-refractivity contribution in [2.75, 3.05) is 19.0 Å². The van der Waals surface area contributed by atoms with Gasteiger partial charge in [-0.05, 0) is 19.4 Å². The molecule has 0 aliphatic heterocycles. The fourth-order valence-corrected chi connectivity index (χ4v) is 0.816. The van der Waals surface area contributed by atoms with Gasteiger partial charge in [-0.25, -0.2) is 0 Å². The second-order valence-corrected chi connectivity index (χ2v) is 2.60. The van der Waals surface area contributed by atoms with E-state index in [-0.39, 0.29) is 11.8 Å². The number of nitrogens with one attached hydrogen (secondary N) is 1. The lowest BCUT2D eigenvalue weighted by Gasteiger charge is -2.01. The second-order valence-electron chi connectivity index (χ2n) is 2.33. The molecule has 3 nitrogen and oxygen atoms in total. The van der Waals surface area contributed by atoms with Crippen LogP contribution < -0.4 is 11.1 Å². The van der Waals surface area contributed by atoms with Crippen molar-refractivity contribution in [2.45, 2.75) is 19.3 Å². The number of halogens is 1. The summed E-state index contributed by atoms with van der Waals surface area (Å²) in [5, 5.41) is 2.68. The molecule has 66 valence electrons. The van der Waals surface area contributed by atoms with E-state index in [1.807, 2.05) is 0 Å². The Morgan fingerprint density at radius 1 is 1.36 bits per heavy atom. The van der Waals surface area contributed by atoms with Crippen molar-refractivity contribution >= 4 is 17.5 Å². The summed E-state index contributed by atoms with van der Waals surface area (Å²) in [7, 11) is 0. The van der Waals surface area contributed by atoms with Crippen LogP contribution in [0.15, 0.2) is 0 Å². The maximum atomic E-state index is 10.6. The maximum absolute atomic E-state index is 10.6. The third kappa shape index (κ3) is 7.62. The number of alkyl halides is 1. The predicted molar refractivity (Wildman–Crippen MR) is 46.6 cm³/mol. The van der Waals surface area contributed by atoms with Crippen molar-refractivity contribution in [3.05, 3.63) is 0 Å². The number of hydrogen-bond acceptors (Lipinski definition) is 2. The molecule has 0 aromatic carbocycles. The topological polar surface area (TPSA) is 55.1 Å². The van der Waals surface area contributed by atoms with Gasteiger partial charge >= 0.3 is 0 Å². The van der Waals surface area contributed by atoms with E-state index >= 15 is 0 Å². The van der Waals surface area contributed by atoms with Gasteiger partial charge in [0, 0.05) is 6.54 Å². The average molecular weight is 179 g/mol. The zero-order chi connectivity index (χ0) is 8.53. The van der Waals surface area contributed by atoms with Gasteiger partial charge in [-0.2, -0.15) is 0 Å². The summed E-state index contributed by atoms with van der Waals surface area (Å²) in [5.74, 6) is -0.0453. The Morgan fingerprint density at radius 2 is 2.09 bits per heavy atom. The molecule has 1 amide bonds. The number of hydrogen-bond donors (Lipinski definition) is 2. The first-order valence-electron chi connectivity index (χ1n) is 3.84. The molecule has 0 saturated heterocycles. The molecule has 4 heteroatoms. The van der Waals surface area contributed by atoms with Crippen LogP contribution in [0.25, 0.3) is 0 Å². The molecular formula is C7H15ClN2O. The van der Waals surface area contributed by atoms with Crippen LogP contribution in [0.1, 0.15) is 19.3 Å². The third-order valence-electron chi connectivity index (χ3n) is 1.32. The zero-order valence-corrected chi connectivity index (χ0v) is 7.36. The van der Waals surface area contributed by atoms with Gasteiger partial charge in [0.15, 0.2) is 0 Å². The van der Waals surface area contributed by atoms with Crippen LogP contribution in [0.5, 0.6) is 0 Å². The highest BCUT2D eigenvalue weighted by atomic mass is 35.5. The fraction of sp³-hybridized carbons (Fsp3) is 0.857. The van der Waals surface area contributed by atoms with Crippen LogP contribution in [0, 0.1) is 0 Å². The molecular weight excluding hydrogens is 164 g/mol. The molecule has 0 aromatic rings. The Morgan fingerprint density at radius 3 is 2.64 bits per heavy atom. The molecule has 0 bridgehead atoms. The first-order chi connectivity index (χ1) is 5.31. The standard InChI is InChI=1S/C7H15ClN2O/c8-6-7(11)10-5-3-1-2-4-9/h1-6,9H2,(H,10,11). The van der Waals surface area contributed by atoms with E-state index in [9.17, 15) is 4.79 Å². The Bertz CT molecular complexity index is 109. The number of carbonyl (C=O) groups excluding carboxylic acids is 1. The van der Waals surface area contributed by atoms with E-state index in [0.29, 0.717) is 6.54 Å². The monoisotopic (exact) mass is 178 g/mol. The minimum atomic E-state index is -0.0978. The molecule has 3 N–H and O–H groups in total. The Kier molecular flexibility index (Phi) is 7.62. The molecule has 0 saturated carbocycles. The summed E-state index contributed by atoms with van der Waals surface area (Å²) < 4.78 is 0. The van der Waals surface area contributed by atoms with E-state index in [1.54, 1.807) is 0 Å². The second kappa shape index (κ2) is 7.82. The summed E-state index contributed by atoms with van der Waals surface area (Å²) >= 11 is 5.26. The van der Waals surface area contributed by atoms with Crippen molar-refractivity contribution in [3.8, 4) is 0 Å². The summed E-state index contributed by atoms with van der Waals surface area (Å²) in [4.78, 5) is 10.6. The molecule has 0 aliphatic carbocycles. The van der Waals surface area contributed by atoms with Gasteiger partial charge in [0.1, 0.15) is 5.88 Å². The number of amides is 1. The SMILES string of the molecule is NCCCCCNC(=O)CCl. The summed E-state index contributed by atoms with van der Waals surface area (Å²) in [5.41, 5.74) is 5.29. The Hall–Kier alpha value is -0.280. The van der Waals surface area contributed by atoms with Crippen molar-refractivity contribution in [3.63, 3.8) is 0 Å². The van der Waals surface area contributed by atoms with Crippen LogP contribution in [-0.2, 0) is 4.79 Å². The Balaban J connectivity index is 2.95. The van der Waals surface area contributed by atoms with Crippen LogP contribution in [0.2, 0.25) is 0 Å². The van der Waals surface area contributed by atoms with E-state index in [1.165, 1.54) is 0 Å². The number of carbonyl (C=O) groups is 1. The molecule has 0 aliphatic rings. The number of unbranched alkanes of at least 4 members (excludes halogenated alkanes) is 2. The third-order valence-corrected chi connectivity index (χ3v) is 1.57. The smallest absolute Gasteiger partial charge is 0.234 e. The average Bonchev–Trinajstić information content (AvgIpc) is 2.04. The van der Waals surface area contributed by atoms with Gasteiger partial charge < -0.3 is 11.1 Å². The minimum Gasteiger partial charge on any atom is -0.355 e. The molecule has 0 aromatic heterocycles. The lowest BCUT2D eigenvalue weighted by atomic mass is 10.2. The van der Waals surface area contributed by atoms with Crippen molar-refractivity contribution in [1.82, 2.24) is 5.32 Å². The molecule has 11 heavy (non-hydrogen) atoms. The maximum Gasteiger partial charge on any atom is 0.234 e. The van der Waals surface area contributed by atoms with E-state index < -0.39 is 0 Å².